The molecule has 4 aliphatic rings. The fraction of sp³-hybridized carbons (Fsp3) is 0.727. The van der Waals surface area contributed by atoms with Crippen LogP contribution in [0.5, 0.6) is 0 Å². The number of hydrogen-bond acceptors (Lipinski definition) is 5. The maximum atomic E-state index is 14.2. The van der Waals surface area contributed by atoms with Crippen molar-refractivity contribution in [3.63, 3.8) is 0 Å². The zero-order valence-electron chi connectivity index (χ0n) is 26.5. The molecule has 5 amide bonds. The molecule has 43 heavy (non-hydrogen) atoms. The Kier molecular flexibility index (Phi) is 9.76. The molecule has 4 N–H and O–H groups in total. The van der Waals surface area contributed by atoms with Crippen molar-refractivity contribution in [3.05, 3.63) is 25.3 Å². The smallest absolute Gasteiger partial charge is 0.315 e. The van der Waals surface area contributed by atoms with Crippen LogP contribution in [0.2, 0.25) is 0 Å². The number of ketones is 1. The van der Waals surface area contributed by atoms with Crippen molar-refractivity contribution in [3.8, 4) is 0 Å². The molecule has 4 rings (SSSR count). The number of carbonyl (C=O) groups is 5. The zero-order valence-corrected chi connectivity index (χ0v) is 26.5. The summed E-state index contributed by atoms with van der Waals surface area (Å²) in [4.78, 5) is 68.5. The molecule has 0 aromatic carbocycles. The normalized spacial score (nSPS) is 29.6. The van der Waals surface area contributed by atoms with Crippen molar-refractivity contribution >= 4 is 29.5 Å². The average Bonchev–Trinajstić information content (AvgIpc) is 3.46. The van der Waals surface area contributed by atoms with E-state index in [-0.39, 0.29) is 48.2 Å². The SMILES string of the molecule is C=CCCNC(=O)C(=O)[C@H](CCC=C)NC(=O)[C@@H]1[C@@H]2[C@H](CN1C(=O)[C@@H](NC(=O)NC1CC3CCC1C3)C(C)(C)C)C2(C)C. The van der Waals surface area contributed by atoms with Crippen molar-refractivity contribution in [1.29, 1.82) is 0 Å². The molecule has 2 bridgehead atoms. The molecule has 3 unspecified atom stereocenters. The highest BCUT2D eigenvalue weighted by atomic mass is 16.2. The Bertz CT molecular complexity index is 1140. The largest absolute Gasteiger partial charge is 0.349 e. The molecule has 3 aliphatic carbocycles. The second kappa shape index (κ2) is 12.8. The quantitative estimate of drug-likeness (QED) is 0.147. The zero-order chi connectivity index (χ0) is 31.7. The van der Waals surface area contributed by atoms with E-state index in [2.05, 4.69) is 48.3 Å². The van der Waals surface area contributed by atoms with E-state index < -0.39 is 41.1 Å². The van der Waals surface area contributed by atoms with Gasteiger partial charge in [-0.3, -0.25) is 19.2 Å². The molecule has 0 aromatic heterocycles. The van der Waals surface area contributed by atoms with Crippen molar-refractivity contribution < 1.29 is 24.0 Å². The van der Waals surface area contributed by atoms with Gasteiger partial charge in [-0.2, -0.15) is 0 Å². The van der Waals surface area contributed by atoms with Crippen LogP contribution in [-0.4, -0.2) is 71.7 Å². The minimum atomic E-state index is -1.05. The molecule has 8 atom stereocenters. The Balaban J connectivity index is 1.49. The van der Waals surface area contributed by atoms with Crippen LogP contribution in [0.25, 0.3) is 0 Å². The van der Waals surface area contributed by atoms with Crippen molar-refractivity contribution in [2.45, 2.75) is 104 Å². The number of fused-ring (bicyclic) bond motifs is 3. The van der Waals surface area contributed by atoms with Gasteiger partial charge in [0.15, 0.2) is 0 Å². The van der Waals surface area contributed by atoms with Crippen LogP contribution < -0.4 is 21.3 Å². The molecular formula is C33H51N5O5. The van der Waals surface area contributed by atoms with E-state index >= 15 is 0 Å². The van der Waals surface area contributed by atoms with E-state index in [0.717, 1.165) is 19.3 Å². The Hall–Kier alpha value is -3.17. The first-order chi connectivity index (χ1) is 20.2. The summed E-state index contributed by atoms with van der Waals surface area (Å²) in [5.74, 6) is -1.04. The van der Waals surface area contributed by atoms with Gasteiger partial charge < -0.3 is 26.2 Å². The highest BCUT2D eigenvalue weighted by Gasteiger charge is 2.70. The molecule has 1 aliphatic heterocycles. The first-order valence-corrected chi connectivity index (χ1v) is 15.9. The molecule has 238 valence electrons. The number of rotatable bonds is 13. The van der Waals surface area contributed by atoms with Gasteiger partial charge in [-0.1, -0.05) is 53.2 Å². The van der Waals surface area contributed by atoms with Crippen LogP contribution in [0.3, 0.4) is 0 Å². The van der Waals surface area contributed by atoms with Crippen LogP contribution >= 0.6 is 0 Å². The molecular weight excluding hydrogens is 546 g/mol. The summed E-state index contributed by atoms with van der Waals surface area (Å²) in [6.07, 6.45) is 8.93. The third-order valence-electron chi connectivity index (χ3n) is 10.4. The van der Waals surface area contributed by atoms with Gasteiger partial charge in [-0.15, -0.1) is 13.2 Å². The number of amides is 5. The second-order valence-corrected chi connectivity index (χ2v) is 14.7. The number of hydrogen-bond donors (Lipinski definition) is 4. The number of piperidine rings is 1. The number of nitrogens with zero attached hydrogens (tertiary/aromatic N) is 1. The molecule has 1 heterocycles. The summed E-state index contributed by atoms with van der Waals surface area (Å²) in [7, 11) is 0. The number of likely N-dealkylation sites (tertiary alicyclic amines) is 1. The number of nitrogens with one attached hydrogen (secondary N) is 4. The van der Waals surface area contributed by atoms with Gasteiger partial charge in [0.25, 0.3) is 5.91 Å². The molecule has 0 radical (unpaired) electrons. The highest BCUT2D eigenvalue weighted by Crippen LogP contribution is 2.65. The Morgan fingerprint density at radius 2 is 1.70 bits per heavy atom. The minimum Gasteiger partial charge on any atom is -0.349 e. The van der Waals surface area contributed by atoms with Gasteiger partial charge in [0.1, 0.15) is 12.1 Å². The van der Waals surface area contributed by atoms with Gasteiger partial charge >= 0.3 is 6.03 Å². The van der Waals surface area contributed by atoms with Gasteiger partial charge in [0.2, 0.25) is 17.6 Å². The molecule has 3 saturated carbocycles. The van der Waals surface area contributed by atoms with Crippen molar-refractivity contribution in [1.82, 2.24) is 26.2 Å². The standard InChI is InChI=1S/C33H51N5O5/c1-8-10-12-22(26(39)29(41)34-15-11-9-2)35-28(40)25-24-21(33(24,6)7)18-38(25)30(42)27(32(3,4)5)37-31(43)36-23-17-19-13-14-20(23)16-19/h8-9,19-25,27H,1-2,10-18H2,3-7H3,(H,34,41)(H,35,40)(H2,36,37,43)/t19?,20?,21-,22-,23?,24-,25-,27+/m0/s1. The van der Waals surface area contributed by atoms with Crippen LogP contribution in [0.4, 0.5) is 4.79 Å². The minimum absolute atomic E-state index is 0.0866. The Labute approximate surface area is 256 Å². The first-order valence-electron chi connectivity index (χ1n) is 15.9. The topological polar surface area (TPSA) is 137 Å². The maximum absolute atomic E-state index is 14.2. The number of carbonyl (C=O) groups excluding carboxylic acids is 5. The lowest BCUT2D eigenvalue weighted by Gasteiger charge is -2.38. The molecule has 0 spiro atoms. The molecule has 4 fully saturated rings. The lowest BCUT2D eigenvalue weighted by atomic mass is 9.85. The summed E-state index contributed by atoms with van der Waals surface area (Å²) in [6.45, 7) is 17.9. The van der Waals surface area contributed by atoms with E-state index in [1.165, 1.54) is 6.42 Å². The predicted octanol–water partition coefficient (Wildman–Crippen LogP) is 3.08. The van der Waals surface area contributed by atoms with Gasteiger partial charge in [-0.05, 0) is 73.0 Å². The Morgan fingerprint density at radius 1 is 1.00 bits per heavy atom. The van der Waals surface area contributed by atoms with Gasteiger partial charge in [0, 0.05) is 19.1 Å². The summed E-state index contributed by atoms with van der Waals surface area (Å²) < 4.78 is 0. The van der Waals surface area contributed by atoms with Crippen LogP contribution in [0.15, 0.2) is 25.3 Å². The fourth-order valence-corrected chi connectivity index (χ4v) is 7.73. The van der Waals surface area contributed by atoms with E-state index in [1.807, 2.05) is 20.8 Å². The number of allylic oxidation sites excluding steroid dienone is 1. The average molecular weight is 598 g/mol. The van der Waals surface area contributed by atoms with E-state index in [1.54, 1.807) is 17.1 Å². The fourth-order valence-electron chi connectivity index (χ4n) is 7.73. The highest BCUT2D eigenvalue weighted by molar-refractivity contribution is 6.38. The third kappa shape index (κ3) is 6.99. The number of Topliss-reactive ketones (excluding diaryl/α,β-unsaturated/α-hetero) is 1. The monoisotopic (exact) mass is 597 g/mol. The number of urea groups is 1. The van der Waals surface area contributed by atoms with E-state index in [4.69, 9.17) is 0 Å². The van der Waals surface area contributed by atoms with E-state index in [0.29, 0.717) is 31.2 Å². The van der Waals surface area contributed by atoms with Crippen molar-refractivity contribution in [2.24, 2.45) is 34.5 Å². The van der Waals surface area contributed by atoms with Crippen LogP contribution in [0, 0.1) is 34.5 Å². The van der Waals surface area contributed by atoms with Gasteiger partial charge in [0.05, 0.1) is 6.04 Å². The lowest BCUT2D eigenvalue weighted by molar-refractivity contribution is -0.145. The van der Waals surface area contributed by atoms with Crippen LogP contribution in [0.1, 0.15) is 79.6 Å². The lowest BCUT2D eigenvalue weighted by Crippen LogP contribution is -2.62. The maximum Gasteiger partial charge on any atom is 0.315 e. The molecule has 1 saturated heterocycles. The molecule has 0 aromatic rings. The molecule has 10 nitrogen and oxygen atoms in total. The van der Waals surface area contributed by atoms with Crippen LogP contribution in [-0.2, 0) is 19.2 Å². The van der Waals surface area contributed by atoms with Gasteiger partial charge in [-0.25, -0.2) is 4.79 Å². The predicted molar refractivity (Wildman–Crippen MR) is 165 cm³/mol. The van der Waals surface area contributed by atoms with Crippen molar-refractivity contribution in [2.75, 3.05) is 13.1 Å². The molecule has 10 heteroatoms. The summed E-state index contributed by atoms with van der Waals surface area (Å²) in [6, 6.07) is -2.93. The second-order valence-electron chi connectivity index (χ2n) is 14.7. The summed E-state index contributed by atoms with van der Waals surface area (Å²) >= 11 is 0. The first kappa shape index (κ1) is 32.7. The summed E-state index contributed by atoms with van der Waals surface area (Å²) in [5.41, 5.74) is -0.760. The third-order valence-corrected chi connectivity index (χ3v) is 10.4. The Morgan fingerprint density at radius 3 is 2.28 bits per heavy atom. The van der Waals surface area contributed by atoms with E-state index in [9.17, 15) is 24.0 Å². The summed E-state index contributed by atoms with van der Waals surface area (Å²) in [5, 5.41) is 11.5.